The third kappa shape index (κ3) is 6.49. The molecular formula is C14H13Br2NOPd. The Morgan fingerprint density at radius 3 is 2.21 bits per heavy atom. The summed E-state index contributed by atoms with van der Waals surface area (Å²) < 4.78 is 5.24. The number of hydrogen-bond donors (Lipinski definition) is 0. The summed E-state index contributed by atoms with van der Waals surface area (Å²) in [7, 11) is 1.66. The van der Waals surface area contributed by atoms with Crippen molar-refractivity contribution in [2.45, 2.75) is 0 Å². The number of rotatable bonds is 3. The van der Waals surface area contributed by atoms with E-state index in [9.17, 15) is 0 Å². The molecule has 5 heteroatoms. The summed E-state index contributed by atoms with van der Waals surface area (Å²) in [5, 5.41) is 0. The van der Waals surface area contributed by atoms with Gasteiger partial charge in [0.1, 0.15) is 5.75 Å². The van der Waals surface area contributed by atoms with Crippen LogP contribution in [0.2, 0.25) is 0 Å². The first-order valence-corrected chi connectivity index (χ1v) is 12.5. The number of nitrogens with zero attached hydrogens (tertiary/aromatic N) is 1. The van der Waals surface area contributed by atoms with Crippen molar-refractivity contribution in [2.75, 3.05) is 7.11 Å². The van der Waals surface area contributed by atoms with Crippen LogP contribution in [0.5, 0.6) is 5.75 Å². The molecule has 2 aromatic rings. The Morgan fingerprint density at radius 2 is 1.58 bits per heavy atom. The zero-order chi connectivity index (χ0) is 13.9. The van der Waals surface area contributed by atoms with Gasteiger partial charge >= 0.3 is 40.8 Å². The molecule has 0 aliphatic heterocycles. The van der Waals surface area contributed by atoms with E-state index in [4.69, 9.17) is 4.74 Å². The Kier molecular flexibility index (Phi) is 9.02. The minimum atomic E-state index is 0.575. The first-order valence-electron chi connectivity index (χ1n) is 5.36. The van der Waals surface area contributed by atoms with E-state index in [1.165, 1.54) is 0 Å². The van der Waals surface area contributed by atoms with E-state index in [0.29, 0.717) is 13.9 Å². The van der Waals surface area contributed by atoms with Gasteiger partial charge in [-0.1, -0.05) is 30.3 Å². The van der Waals surface area contributed by atoms with Crippen LogP contribution in [0.4, 0.5) is 5.69 Å². The second-order valence-electron chi connectivity index (χ2n) is 3.38. The fourth-order valence-corrected chi connectivity index (χ4v) is 1.43. The number of ether oxygens (including phenoxy) is 1. The van der Waals surface area contributed by atoms with E-state index in [2.05, 4.69) is 31.9 Å². The standard InChI is InChI=1S/C14H13NO.2BrH.Pd/c1-16-14-10-6-5-7-12(14)11-15-13-8-3-2-4-9-13;;;/h2-11H,1H3;2*1H;/q;;;+2/p-2. The fraction of sp³-hybridized carbons (Fsp3) is 0.0714. The second kappa shape index (κ2) is 10.3. The molecular weight excluding hydrogens is 464 g/mol. The molecule has 104 valence electrons. The number of aliphatic imine (C=N–C) groups is 1. The molecule has 0 unspecified atom stereocenters. The number of halogens is 2. The first kappa shape index (κ1) is 16.6. The number of para-hydroxylation sites is 2. The summed E-state index contributed by atoms with van der Waals surface area (Å²) in [6, 6.07) is 17.6. The molecule has 2 aromatic carbocycles. The average Bonchev–Trinajstić information content (AvgIpc) is 2.47. The Morgan fingerprint density at radius 1 is 1.00 bits per heavy atom. The Hall–Kier alpha value is -0.468. The van der Waals surface area contributed by atoms with E-state index in [1.807, 2.05) is 60.8 Å². The van der Waals surface area contributed by atoms with Crippen LogP contribution < -0.4 is 4.74 Å². The van der Waals surface area contributed by atoms with Gasteiger partial charge in [-0.15, -0.1) is 0 Å². The van der Waals surface area contributed by atoms with Crippen molar-refractivity contribution in [2.24, 2.45) is 4.99 Å². The molecule has 0 saturated heterocycles. The van der Waals surface area contributed by atoms with Crippen LogP contribution in [-0.4, -0.2) is 13.3 Å². The van der Waals surface area contributed by atoms with Crippen LogP contribution in [0, 0.1) is 0 Å². The van der Waals surface area contributed by atoms with Gasteiger partial charge in [-0.25, -0.2) is 0 Å². The summed E-state index contributed by atoms with van der Waals surface area (Å²) in [6.45, 7) is 0. The van der Waals surface area contributed by atoms with E-state index in [0.717, 1.165) is 17.0 Å². The molecule has 2 nitrogen and oxygen atoms in total. The van der Waals surface area contributed by atoms with Gasteiger partial charge in [0, 0.05) is 11.8 Å². The molecule has 0 heterocycles. The van der Waals surface area contributed by atoms with E-state index in [-0.39, 0.29) is 0 Å². The zero-order valence-electron chi connectivity index (χ0n) is 10.2. The number of benzene rings is 2. The summed E-state index contributed by atoms with van der Waals surface area (Å²) in [5.74, 6) is 0.835. The van der Waals surface area contributed by atoms with Gasteiger partial charge in [0.05, 0.1) is 12.8 Å². The molecule has 0 fully saturated rings. The molecule has 19 heavy (non-hydrogen) atoms. The third-order valence-corrected chi connectivity index (χ3v) is 2.25. The second-order valence-corrected chi connectivity index (χ2v) is 10.6. The molecule has 0 amide bonds. The van der Waals surface area contributed by atoms with Crippen LogP contribution in [0.25, 0.3) is 0 Å². The summed E-state index contributed by atoms with van der Waals surface area (Å²) in [4.78, 5) is 4.38. The van der Waals surface area contributed by atoms with Crippen molar-refractivity contribution >= 4 is 38.8 Å². The van der Waals surface area contributed by atoms with Gasteiger partial charge in [-0.05, 0) is 24.3 Å². The summed E-state index contributed by atoms with van der Waals surface area (Å²) >= 11 is 6.80. The Labute approximate surface area is 134 Å². The molecule has 0 bridgehead atoms. The number of methoxy groups -OCH3 is 1. The van der Waals surface area contributed by atoms with Gasteiger partial charge in [0.15, 0.2) is 0 Å². The van der Waals surface area contributed by atoms with E-state index >= 15 is 0 Å². The Bertz CT molecular complexity index is 506. The minimum absolute atomic E-state index is 0.575. The molecule has 0 aromatic heterocycles. The maximum absolute atomic E-state index is 5.24. The van der Waals surface area contributed by atoms with Crippen LogP contribution in [-0.2, 0) is 13.9 Å². The molecule has 0 N–H and O–H groups in total. The fourth-order valence-electron chi connectivity index (χ4n) is 1.43. The molecule has 0 aliphatic carbocycles. The van der Waals surface area contributed by atoms with Crippen LogP contribution in [0.1, 0.15) is 5.56 Å². The van der Waals surface area contributed by atoms with E-state index < -0.39 is 0 Å². The molecule has 0 spiro atoms. The van der Waals surface area contributed by atoms with Crippen molar-refractivity contribution in [1.82, 2.24) is 0 Å². The maximum atomic E-state index is 5.24. The normalized spacial score (nSPS) is 10.1. The van der Waals surface area contributed by atoms with Crippen LogP contribution in [0.3, 0.4) is 0 Å². The first-order chi connectivity index (χ1) is 9.31. The monoisotopic (exact) mass is 475 g/mol. The van der Waals surface area contributed by atoms with Gasteiger partial charge < -0.3 is 4.74 Å². The third-order valence-electron chi connectivity index (χ3n) is 2.25. The van der Waals surface area contributed by atoms with Crippen molar-refractivity contribution in [3.8, 4) is 5.75 Å². The molecule has 0 atom stereocenters. The quantitative estimate of drug-likeness (QED) is 0.444. The predicted molar refractivity (Wildman–Crippen MR) is 84.5 cm³/mol. The molecule has 0 saturated carbocycles. The predicted octanol–water partition coefficient (Wildman–Crippen LogP) is 5.13. The van der Waals surface area contributed by atoms with Gasteiger partial charge in [-0.3, -0.25) is 4.99 Å². The van der Waals surface area contributed by atoms with Crippen LogP contribution >= 0.6 is 26.9 Å². The zero-order valence-corrected chi connectivity index (χ0v) is 14.9. The van der Waals surface area contributed by atoms with Crippen molar-refractivity contribution in [3.63, 3.8) is 0 Å². The molecule has 0 radical (unpaired) electrons. The Balaban J connectivity index is 0.000000550. The molecule has 2 rings (SSSR count). The van der Waals surface area contributed by atoms with Gasteiger partial charge in [0.2, 0.25) is 0 Å². The molecule has 0 aliphatic rings. The van der Waals surface area contributed by atoms with Crippen molar-refractivity contribution in [3.05, 3.63) is 60.2 Å². The number of hydrogen-bond acceptors (Lipinski definition) is 2. The average molecular weight is 477 g/mol. The van der Waals surface area contributed by atoms with Gasteiger partial charge in [-0.2, -0.15) is 0 Å². The van der Waals surface area contributed by atoms with Crippen molar-refractivity contribution in [1.29, 1.82) is 0 Å². The van der Waals surface area contributed by atoms with Crippen LogP contribution in [0.15, 0.2) is 59.6 Å². The summed E-state index contributed by atoms with van der Waals surface area (Å²) in [5.41, 5.74) is 1.92. The van der Waals surface area contributed by atoms with Gasteiger partial charge in [0.25, 0.3) is 0 Å². The van der Waals surface area contributed by atoms with E-state index in [1.54, 1.807) is 7.11 Å². The van der Waals surface area contributed by atoms with Crippen molar-refractivity contribution < 1.29 is 18.7 Å². The topological polar surface area (TPSA) is 21.6 Å². The SMILES string of the molecule is COc1ccccc1C=Nc1ccccc1.[Br][Pd][Br]. The summed E-state index contributed by atoms with van der Waals surface area (Å²) in [6.07, 6.45) is 1.81.